The first-order valence-corrected chi connectivity index (χ1v) is 7.58. The Kier molecular flexibility index (Phi) is 1.45. The number of methoxy groups -OCH3 is 1. The Morgan fingerprint density at radius 2 is 2.55 bits per heavy atom. The zero-order chi connectivity index (χ0) is 20.9. The van der Waals surface area contributed by atoms with Crippen molar-refractivity contribution < 1.29 is 22.8 Å². The maximum atomic E-state index is 9.27. The van der Waals surface area contributed by atoms with Crippen molar-refractivity contribution in [1.82, 2.24) is 4.90 Å². The molecule has 5 rings (SSSR count). The van der Waals surface area contributed by atoms with Gasteiger partial charge < -0.3 is 19.5 Å². The first-order valence-electron chi connectivity index (χ1n) is 11.0. The molecule has 5 atom stereocenters. The lowest BCUT2D eigenvalue weighted by atomic mass is 9.53. The number of likely N-dealkylation sites (tertiary alicyclic amines) is 1. The predicted molar refractivity (Wildman–Crippen MR) is 82.5 cm³/mol. The van der Waals surface area contributed by atoms with Crippen molar-refractivity contribution in [2.24, 2.45) is 5.92 Å². The van der Waals surface area contributed by atoms with Crippen LogP contribution in [-0.2, 0) is 11.8 Å². The van der Waals surface area contributed by atoms with E-state index in [1.165, 1.54) is 0 Å². The van der Waals surface area contributed by atoms with E-state index in [2.05, 4.69) is 0 Å². The number of nitrogens with zero attached hydrogens (tertiary/aromatic N) is 1. The monoisotopic (exact) mass is 306 g/mol. The van der Waals surface area contributed by atoms with E-state index in [4.69, 9.17) is 22.9 Å². The summed E-state index contributed by atoms with van der Waals surface area (Å²) in [5, 5.41) is 4.91. The van der Waals surface area contributed by atoms with Crippen LogP contribution in [0.5, 0.6) is 11.5 Å². The van der Waals surface area contributed by atoms with Crippen molar-refractivity contribution in [2.75, 3.05) is 20.6 Å². The van der Waals surface area contributed by atoms with Crippen LogP contribution in [0, 0.1) is 5.92 Å². The molecule has 2 aliphatic heterocycles. The highest BCUT2D eigenvalue weighted by Crippen LogP contribution is 2.62. The topological polar surface area (TPSA) is 41.9 Å². The summed E-state index contributed by atoms with van der Waals surface area (Å²) >= 11 is 0. The van der Waals surface area contributed by atoms with Gasteiger partial charge in [0.2, 0.25) is 1.43 Å². The summed E-state index contributed by atoms with van der Waals surface area (Å²) in [5.74, 6) is -0.392. The van der Waals surface area contributed by atoms with Gasteiger partial charge in [-0.25, -0.2) is 0 Å². The molecule has 1 fully saturated rings. The third kappa shape index (κ3) is 1.28. The molecule has 1 aromatic carbocycles. The summed E-state index contributed by atoms with van der Waals surface area (Å²) in [4.78, 5) is 1.96. The first kappa shape index (κ1) is 7.84. The fraction of sp³-hybridized carbons (Fsp3) is 0.556. The number of hydrogen-bond donors (Lipinski definition) is 1. The van der Waals surface area contributed by atoms with E-state index in [1.54, 1.807) is 6.08 Å². The number of likely N-dealkylation sites (N-methyl/N-ethyl adjacent to an activating group) is 1. The van der Waals surface area contributed by atoms with Gasteiger partial charge in [-0.1, -0.05) is 18.2 Å². The number of rotatable bonds is 2. The molecule has 2 aliphatic carbocycles. The van der Waals surface area contributed by atoms with Crippen molar-refractivity contribution in [3.05, 3.63) is 35.4 Å². The maximum absolute atomic E-state index is 9.27. The second kappa shape index (κ2) is 4.06. The standard InChI is InChI=1S/C18H21NO3/c1-19-8-7-18-11-4-5-13(20)17(18)22-16-14(21-2)6-3-10(15(16)18)9-12(11)19/h3-6,11-13,17,20H,7-9H2,1-2H3/t11-,12+,13?,17?,18-/m0/s1/i2D3,3D,6D,12D,20D. The van der Waals surface area contributed by atoms with Crippen LogP contribution in [0.3, 0.4) is 0 Å². The van der Waals surface area contributed by atoms with Crippen LogP contribution in [-0.4, -0.2) is 50.3 Å². The smallest absolute Gasteiger partial charge is 0.211 e. The Labute approximate surface area is 140 Å². The molecular weight excluding hydrogens is 278 g/mol. The minimum absolute atomic E-state index is 0.130. The Morgan fingerprint density at radius 1 is 1.59 bits per heavy atom. The molecule has 2 bridgehead atoms. The molecule has 0 radical (unpaired) electrons. The van der Waals surface area contributed by atoms with Crippen molar-refractivity contribution >= 4 is 0 Å². The molecule has 1 N–H and O–H groups in total. The van der Waals surface area contributed by atoms with E-state index >= 15 is 0 Å². The number of aliphatic hydroxyl groups excluding tert-OH is 1. The van der Waals surface area contributed by atoms with Gasteiger partial charge in [0.15, 0.2) is 11.5 Å². The third-order valence-electron chi connectivity index (χ3n) is 5.80. The SMILES string of the molecule is [2H]OC1C=C[C@@H]2[C@@]34CCN(C)[C@]2([2H])Cc2c([2H])c([2H])c(OC([2H])([2H])[2H])c(c23)OC14. The van der Waals surface area contributed by atoms with E-state index in [1.807, 2.05) is 18.0 Å². The van der Waals surface area contributed by atoms with E-state index in [0.29, 0.717) is 24.1 Å². The summed E-state index contributed by atoms with van der Waals surface area (Å²) in [6.07, 6.45) is 3.11. The highest BCUT2D eigenvalue weighted by molar-refractivity contribution is 5.62. The highest BCUT2D eigenvalue weighted by Gasteiger charge is 2.64. The fourth-order valence-corrected chi connectivity index (χ4v) is 4.86. The Bertz CT molecular complexity index is 935. The number of piperidine rings is 1. The summed E-state index contributed by atoms with van der Waals surface area (Å²) in [7, 11) is -0.916. The summed E-state index contributed by atoms with van der Waals surface area (Å²) in [6.45, 7) is 0.614. The predicted octanol–water partition coefficient (Wildman–Crippen LogP) is 1.50. The maximum Gasteiger partial charge on any atom is 0.211 e. The summed E-state index contributed by atoms with van der Waals surface area (Å²) in [5.41, 5.74) is 0.464. The number of hydrogen-bond acceptors (Lipinski definition) is 4. The quantitative estimate of drug-likeness (QED) is 0.841. The molecule has 4 aliphatic rings. The van der Waals surface area contributed by atoms with Gasteiger partial charge in [-0.2, -0.15) is 0 Å². The lowest BCUT2D eigenvalue weighted by Gasteiger charge is -2.56. The van der Waals surface area contributed by atoms with Crippen LogP contribution in [0.2, 0.25) is 0 Å². The molecule has 1 spiro atoms. The van der Waals surface area contributed by atoms with Crippen LogP contribution in [0.1, 0.15) is 25.8 Å². The minimum Gasteiger partial charge on any atom is -0.493 e. The molecule has 22 heavy (non-hydrogen) atoms. The first-order chi connectivity index (χ1) is 13.5. The second-order valence-electron chi connectivity index (χ2n) is 6.61. The van der Waals surface area contributed by atoms with Crippen molar-refractivity contribution in [3.8, 4) is 11.5 Å². The summed E-state index contributed by atoms with van der Waals surface area (Å²) in [6, 6.07) is -1.52. The van der Waals surface area contributed by atoms with Crippen LogP contribution in [0.25, 0.3) is 0 Å². The lowest BCUT2D eigenvalue weighted by molar-refractivity contribution is -0.0453. The van der Waals surface area contributed by atoms with Gasteiger partial charge in [0, 0.05) is 24.3 Å². The molecule has 0 aromatic heterocycles. The molecule has 1 saturated heterocycles. The lowest BCUT2D eigenvalue weighted by Crippen LogP contribution is -2.64. The number of benzene rings is 1. The minimum atomic E-state index is -2.80. The molecule has 1 aromatic rings. The van der Waals surface area contributed by atoms with Gasteiger partial charge in [-0.3, -0.25) is 0 Å². The highest BCUT2D eigenvalue weighted by atomic mass is 16.5. The summed E-state index contributed by atoms with van der Waals surface area (Å²) < 4.78 is 67.5. The van der Waals surface area contributed by atoms with E-state index in [-0.39, 0.29) is 35.9 Å². The van der Waals surface area contributed by atoms with Crippen molar-refractivity contribution in [2.45, 2.75) is 36.5 Å². The molecule has 4 nitrogen and oxygen atoms in total. The van der Waals surface area contributed by atoms with Crippen LogP contribution < -0.4 is 9.47 Å². The zero-order valence-electron chi connectivity index (χ0n) is 19.2. The van der Waals surface area contributed by atoms with Crippen molar-refractivity contribution in [3.63, 3.8) is 0 Å². The molecule has 2 unspecified atom stereocenters. The van der Waals surface area contributed by atoms with Gasteiger partial charge >= 0.3 is 0 Å². The fourth-order valence-electron chi connectivity index (χ4n) is 4.86. The van der Waals surface area contributed by atoms with Gasteiger partial charge in [-0.05, 0) is 38.0 Å². The zero-order valence-corrected chi connectivity index (χ0v) is 12.2. The Morgan fingerprint density at radius 3 is 3.41 bits per heavy atom. The van der Waals surface area contributed by atoms with Crippen LogP contribution in [0.15, 0.2) is 24.2 Å². The average molecular weight is 306 g/mol. The molecule has 0 saturated carbocycles. The molecule has 0 amide bonds. The largest absolute Gasteiger partial charge is 0.493 e. The van der Waals surface area contributed by atoms with Gasteiger partial charge in [0.25, 0.3) is 0 Å². The van der Waals surface area contributed by atoms with Crippen LogP contribution >= 0.6 is 0 Å². The number of aliphatic hydroxyl groups is 1. The second-order valence-corrected chi connectivity index (χ2v) is 6.61. The van der Waals surface area contributed by atoms with Gasteiger partial charge in [-0.15, -0.1) is 0 Å². The third-order valence-corrected chi connectivity index (χ3v) is 5.80. The normalized spacial score (nSPS) is 49.5. The van der Waals surface area contributed by atoms with E-state index < -0.39 is 30.7 Å². The van der Waals surface area contributed by atoms with Gasteiger partial charge in [0.05, 0.1) is 13.9 Å². The molecule has 2 heterocycles. The van der Waals surface area contributed by atoms with Crippen molar-refractivity contribution in [1.29, 1.82) is 1.43 Å². The van der Waals surface area contributed by atoms with Crippen LogP contribution in [0.4, 0.5) is 0 Å². The number of ether oxygens (including phenoxy) is 2. The molecule has 116 valence electrons. The average Bonchev–Trinajstić information content (AvgIpc) is 2.99. The molecule has 4 heteroatoms. The molecular formula is C18H21NO3. The van der Waals surface area contributed by atoms with Gasteiger partial charge in [0.1, 0.15) is 12.2 Å². The van der Waals surface area contributed by atoms with E-state index in [0.717, 1.165) is 0 Å². The van der Waals surface area contributed by atoms with E-state index in [9.17, 15) is 1.37 Å². The Hall–Kier alpha value is -1.52. The Balaban J connectivity index is 1.84.